The van der Waals surface area contributed by atoms with Crippen LogP contribution < -0.4 is 0 Å². The SMILES string of the molecule is CCc1ccccc1-n1nnc(C=O)c1-c1cccc(F)c1. The highest BCUT2D eigenvalue weighted by molar-refractivity contribution is 5.84. The summed E-state index contributed by atoms with van der Waals surface area (Å²) in [5.74, 6) is -0.370. The first-order valence-electron chi connectivity index (χ1n) is 6.99. The van der Waals surface area contributed by atoms with Crippen LogP contribution >= 0.6 is 0 Å². The summed E-state index contributed by atoms with van der Waals surface area (Å²) < 4.78 is 15.1. The average molecular weight is 295 g/mol. The van der Waals surface area contributed by atoms with Gasteiger partial charge in [-0.1, -0.05) is 42.5 Å². The van der Waals surface area contributed by atoms with Gasteiger partial charge in [-0.15, -0.1) is 5.10 Å². The van der Waals surface area contributed by atoms with Gasteiger partial charge in [-0.05, 0) is 30.2 Å². The molecule has 2 aromatic carbocycles. The molecule has 0 bridgehead atoms. The zero-order valence-corrected chi connectivity index (χ0v) is 12.0. The fraction of sp³-hybridized carbons (Fsp3) is 0.118. The molecule has 5 heteroatoms. The van der Waals surface area contributed by atoms with E-state index in [0.717, 1.165) is 17.7 Å². The Bertz CT molecular complexity index is 826. The first-order chi connectivity index (χ1) is 10.7. The molecular weight excluding hydrogens is 281 g/mol. The van der Waals surface area contributed by atoms with Gasteiger partial charge in [-0.2, -0.15) is 0 Å². The maximum absolute atomic E-state index is 13.5. The van der Waals surface area contributed by atoms with Crippen molar-refractivity contribution in [3.8, 4) is 16.9 Å². The first-order valence-corrected chi connectivity index (χ1v) is 6.99. The maximum Gasteiger partial charge on any atom is 0.172 e. The summed E-state index contributed by atoms with van der Waals surface area (Å²) in [6, 6.07) is 13.8. The average Bonchev–Trinajstić information content (AvgIpc) is 2.98. The molecule has 22 heavy (non-hydrogen) atoms. The van der Waals surface area contributed by atoms with Gasteiger partial charge in [0.25, 0.3) is 0 Å². The third-order valence-corrected chi connectivity index (χ3v) is 3.51. The Balaban J connectivity index is 2.26. The molecule has 0 unspecified atom stereocenters. The van der Waals surface area contributed by atoms with Gasteiger partial charge >= 0.3 is 0 Å². The van der Waals surface area contributed by atoms with Crippen molar-refractivity contribution in [2.45, 2.75) is 13.3 Å². The summed E-state index contributed by atoms with van der Waals surface area (Å²) in [5, 5.41) is 8.00. The molecule has 0 spiro atoms. The van der Waals surface area contributed by atoms with E-state index in [-0.39, 0.29) is 11.5 Å². The van der Waals surface area contributed by atoms with Crippen molar-refractivity contribution >= 4 is 6.29 Å². The van der Waals surface area contributed by atoms with Crippen molar-refractivity contribution < 1.29 is 9.18 Å². The Morgan fingerprint density at radius 3 is 2.73 bits per heavy atom. The van der Waals surface area contributed by atoms with Crippen LogP contribution in [0, 0.1) is 5.82 Å². The zero-order chi connectivity index (χ0) is 15.5. The molecular formula is C17H14FN3O. The van der Waals surface area contributed by atoms with E-state index in [0.29, 0.717) is 17.5 Å². The number of aryl methyl sites for hydroxylation is 1. The number of hydrogen-bond acceptors (Lipinski definition) is 3. The van der Waals surface area contributed by atoms with Crippen LogP contribution in [-0.4, -0.2) is 21.3 Å². The number of benzene rings is 2. The molecule has 3 rings (SSSR count). The fourth-order valence-electron chi connectivity index (χ4n) is 2.46. The van der Waals surface area contributed by atoms with Gasteiger partial charge in [-0.3, -0.25) is 4.79 Å². The van der Waals surface area contributed by atoms with Crippen molar-refractivity contribution in [3.63, 3.8) is 0 Å². The van der Waals surface area contributed by atoms with Gasteiger partial charge in [-0.25, -0.2) is 9.07 Å². The smallest absolute Gasteiger partial charge is 0.172 e. The third-order valence-electron chi connectivity index (χ3n) is 3.51. The Kier molecular flexibility index (Phi) is 3.78. The van der Waals surface area contributed by atoms with Crippen LogP contribution in [0.1, 0.15) is 23.0 Å². The summed E-state index contributed by atoms with van der Waals surface area (Å²) in [4.78, 5) is 11.3. The van der Waals surface area contributed by atoms with E-state index >= 15 is 0 Å². The number of aldehydes is 1. The van der Waals surface area contributed by atoms with Gasteiger partial charge < -0.3 is 0 Å². The highest BCUT2D eigenvalue weighted by atomic mass is 19.1. The number of carbonyl (C=O) groups is 1. The van der Waals surface area contributed by atoms with E-state index in [4.69, 9.17) is 0 Å². The van der Waals surface area contributed by atoms with Crippen LogP contribution in [0.5, 0.6) is 0 Å². The zero-order valence-electron chi connectivity index (χ0n) is 12.0. The molecule has 0 saturated heterocycles. The minimum absolute atomic E-state index is 0.191. The quantitative estimate of drug-likeness (QED) is 0.693. The van der Waals surface area contributed by atoms with Crippen molar-refractivity contribution in [3.05, 3.63) is 65.6 Å². The van der Waals surface area contributed by atoms with E-state index in [1.54, 1.807) is 16.8 Å². The summed E-state index contributed by atoms with van der Waals surface area (Å²) in [6.07, 6.45) is 1.45. The predicted octanol–water partition coefficient (Wildman–Crippen LogP) is 3.45. The lowest BCUT2D eigenvalue weighted by atomic mass is 10.1. The van der Waals surface area contributed by atoms with Crippen LogP contribution in [-0.2, 0) is 6.42 Å². The molecule has 1 heterocycles. The van der Waals surface area contributed by atoms with Crippen LogP contribution in [0.2, 0.25) is 0 Å². The lowest BCUT2D eigenvalue weighted by molar-refractivity contribution is 0.111. The van der Waals surface area contributed by atoms with Gasteiger partial charge in [0.15, 0.2) is 12.0 Å². The molecule has 0 atom stereocenters. The Morgan fingerprint density at radius 1 is 1.18 bits per heavy atom. The number of para-hydroxylation sites is 1. The molecule has 0 saturated carbocycles. The Morgan fingerprint density at radius 2 is 2.00 bits per heavy atom. The summed E-state index contributed by atoms with van der Waals surface area (Å²) in [6.45, 7) is 2.04. The molecule has 0 N–H and O–H groups in total. The summed E-state index contributed by atoms with van der Waals surface area (Å²) in [5.41, 5.74) is 3.16. The Labute approximate surface area is 127 Å². The molecule has 0 aliphatic heterocycles. The third kappa shape index (κ3) is 2.41. The monoisotopic (exact) mass is 295 g/mol. The number of carbonyl (C=O) groups excluding carboxylic acids is 1. The fourth-order valence-corrected chi connectivity index (χ4v) is 2.46. The predicted molar refractivity (Wildman–Crippen MR) is 81.5 cm³/mol. The second-order valence-corrected chi connectivity index (χ2v) is 4.85. The van der Waals surface area contributed by atoms with Gasteiger partial charge in [0.2, 0.25) is 0 Å². The molecule has 0 radical (unpaired) electrons. The number of rotatable bonds is 4. The van der Waals surface area contributed by atoms with E-state index in [1.807, 2.05) is 31.2 Å². The minimum Gasteiger partial charge on any atom is -0.296 e. The Hall–Kier alpha value is -2.82. The van der Waals surface area contributed by atoms with Gasteiger partial charge in [0.1, 0.15) is 11.5 Å². The molecule has 0 aliphatic rings. The van der Waals surface area contributed by atoms with E-state index in [1.165, 1.54) is 12.1 Å². The minimum atomic E-state index is -0.370. The molecule has 4 nitrogen and oxygen atoms in total. The summed E-state index contributed by atoms with van der Waals surface area (Å²) >= 11 is 0. The van der Waals surface area contributed by atoms with Crippen molar-refractivity contribution in [2.24, 2.45) is 0 Å². The van der Waals surface area contributed by atoms with Crippen LogP contribution in [0.3, 0.4) is 0 Å². The van der Waals surface area contributed by atoms with Crippen molar-refractivity contribution in [1.29, 1.82) is 0 Å². The molecule has 3 aromatic rings. The topological polar surface area (TPSA) is 47.8 Å². The van der Waals surface area contributed by atoms with E-state index in [9.17, 15) is 9.18 Å². The van der Waals surface area contributed by atoms with E-state index < -0.39 is 0 Å². The molecule has 1 aromatic heterocycles. The number of hydrogen-bond donors (Lipinski definition) is 0. The highest BCUT2D eigenvalue weighted by Crippen LogP contribution is 2.26. The number of nitrogens with zero attached hydrogens (tertiary/aromatic N) is 3. The van der Waals surface area contributed by atoms with Crippen molar-refractivity contribution in [2.75, 3.05) is 0 Å². The van der Waals surface area contributed by atoms with E-state index in [2.05, 4.69) is 10.3 Å². The first kappa shape index (κ1) is 14.1. The van der Waals surface area contributed by atoms with Gasteiger partial charge in [0, 0.05) is 5.56 Å². The molecule has 0 amide bonds. The lowest BCUT2D eigenvalue weighted by Gasteiger charge is -2.11. The standard InChI is InChI=1S/C17H14FN3O/c1-2-12-6-3-4-9-16(12)21-17(15(11-22)19-20-21)13-7-5-8-14(18)10-13/h3-11H,2H2,1H3. The second kappa shape index (κ2) is 5.89. The number of aromatic nitrogens is 3. The van der Waals surface area contributed by atoms with Crippen molar-refractivity contribution in [1.82, 2.24) is 15.0 Å². The van der Waals surface area contributed by atoms with Gasteiger partial charge in [0.05, 0.1) is 5.69 Å². The van der Waals surface area contributed by atoms with Crippen LogP contribution in [0.4, 0.5) is 4.39 Å². The highest BCUT2D eigenvalue weighted by Gasteiger charge is 2.17. The normalized spacial score (nSPS) is 10.6. The molecule has 0 aliphatic carbocycles. The second-order valence-electron chi connectivity index (χ2n) is 4.85. The largest absolute Gasteiger partial charge is 0.296 e. The molecule has 110 valence electrons. The summed E-state index contributed by atoms with van der Waals surface area (Å²) in [7, 11) is 0. The van der Waals surface area contributed by atoms with Crippen LogP contribution in [0.15, 0.2) is 48.5 Å². The number of halogens is 1. The van der Waals surface area contributed by atoms with Crippen LogP contribution in [0.25, 0.3) is 16.9 Å². The maximum atomic E-state index is 13.5. The molecule has 0 fully saturated rings. The lowest BCUT2D eigenvalue weighted by Crippen LogP contribution is -2.03.